The normalized spacial score (nSPS) is 12.4. The summed E-state index contributed by atoms with van der Waals surface area (Å²) in [5.41, 5.74) is 6.64. The van der Waals surface area contributed by atoms with Crippen molar-refractivity contribution in [1.29, 1.82) is 0 Å². The van der Waals surface area contributed by atoms with E-state index in [1.54, 1.807) is 36.4 Å². The number of carbonyl (C=O) groups is 1. The molecule has 3 N–H and O–H groups in total. The van der Waals surface area contributed by atoms with Gasteiger partial charge in [-0.15, -0.1) is 0 Å². The van der Waals surface area contributed by atoms with Gasteiger partial charge in [-0.05, 0) is 43.7 Å². The first-order valence-electron chi connectivity index (χ1n) is 8.00. The summed E-state index contributed by atoms with van der Waals surface area (Å²) in [6, 6.07) is 15.0. The number of nitrogens with one attached hydrogen (secondary N) is 1. The zero-order valence-corrected chi connectivity index (χ0v) is 15.2. The van der Waals surface area contributed by atoms with Crippen LogP contribution in [-0.4, -0.2) is 27.4 Å². The van der Waals surface area contributed by atoms with E-state index < -0.39 is 10.0 Å². The first-order valence-corrected chi connectivity index (χ1v) is 9.44. The molecule has 1 atom stereocenters. The van der Waals surface area contributed by atoms with Crippen molar-refractivity contribution < 1.29 is 13.2 Å². The third-order valence-electron chi connectivity index (χ3n) is 3.72. The molecule has 0 saturated carbocycles. The van der Waals surface area contributed by atoms with Crippen LogP contribution in [0.2, 0.25) is 0 Å². The van der Waals surface area contributed by atoms with Crippen LogP contribution in [0.3, 0.4) is 0 Å². The van der Waals surface area contributed by atoms with Crippen LogP contribution in [0.25, 0.3) is 0 Å². The molecule has 6 nitrogen and oxygen atoms in total. The van der Waals surface area contributed by atoms with Crippen molar-refractivity contribution in [3.8, 4) is 0 Å². The lowest BCUT2D eigenvalue weighted by Gasteiger charge is -2.20. The molecule has 2 aromatic carbocycles. The Bertz CT molecular complexity index is 820. The summed E-state index contributed by atoms with van der Waals surface area (Å²) in [6.07, 6.45) is 0.860. The van der Waals surface area contributed by atoms with E-state index in [0.29, 0.717) is 24.2 Å². The number of anilines is 2. The molecule has 0 aliphatic heterocycles. The van der Waals surface area contributed by atoms with Gasteiger partial charge < -0.3 is 11.1 Å². The highest BCUT2D eigenvalue weighted by Gasteiger charge is 2.21. The van der Waals surface area contributed by atoms with Crippen LogP contribution in [-0.2, 0) is 14.8 Å². The predicted molar refractivity (Wildman–Crippen MR) is 100.0 cm³/mol. The maximum atomic E-state index is 12.8. The molecule has 25 heavy (non-hydrogen) atoms. The van der Waals surface area contributed by atoms with Gasteiger partial charge >= 0.3 is 0 Å². The van der Waals surface area contributed by atoms with Crippen molar-refractivity contribution in [3.63, 3.8) is 0 Å². The summed E-state index contributed by atoms with van der Waals surface area (Å²) in [5, 5.41) is 2.71. The maximum Gasteiger partial charge on any atom is 0.264 e. The second kappa shape index (κ2) is 8.13. The third-order valence-corrected chi connectivity index (χ3v) is 5.50. The quantitative estimate of drug-likeness (QED) is 0.793. The van der Waals surface area contributed by atoms with Gasteiger partial charge in [0.05, 0.1) is 10.6 Å². The van der Waals surface area contributed by atoms with E-state index in [-0.39, 0.29) is 16.8 Å². The lowest BCUT2D eigenvalue weighted by Crippen LogP contribution is -2.26. The average Bonchev–Trinajstić information content (AvgIpc) is 2.60. The van der Waals surface area contributed by atoms with E-state index in [4.69, 9.17) is 5.73 Å². The van der Waals surface area contributed by atoms with E-state index in [0.717, 1.165) is 0 Å². The fraction of sp³-hybridized carbons (Fsp3) is 0.278. The first-order chi connectivity index (χ1) is 11.8. The number of benzene rings is 2. The van der Waals surface area contributed by atoms with Crippen molar-refractivity contribution in [2.45, 2.75) is 30.7 Å². The van der Waals surface area contributed by atoms with Crippen LogP contribution in [0.15, 0.2) is 59.5 Å². The molecular weight excluding hydrogens is 338 g/mol. The molecule has 0 saturated heterocycles. The molecule has 0 aliphatic carbocycles. The topological polar surface area (TPSA) is 92.5 Å². The minimum Gasteiger partial charge on any atom is -0.328 e. The monoisotopic (exact) mass is 361 g/mol. The van der Waals surface area contributed by atoms with Crippen molar-refractivity contribution in [2.24, 2.45) is 5.73 Å². The van der Waals surface area contributed by atoms with E-state index in [1.807, 2.05) is 13.0 Å². The summed E-state index contributed by atoms with van der Waals surface area (Å²) in [5.74, 6) is -0.191. The molecule has 2 aromatic rings. The number of sulfonamides is 1. The minimum absolute atomic E-state index is 0.0583. The number of nitrogens with zero attached hydrogens (tertiary/aromatic N) is 1. The zero-order valence-electron chi connectivity index (χ0n) is 14.3. The molecule has 7 heteroatoms. The van der Waals surface area contributed by atoms with Gasteiger partial charge in [0.25, 0.3) is 10.0 Å². The summed E-state index contributed by atoms with van der Waals surface area (Å²) >= 11 is 0. The number of amides is 1. The number of rotatable bonds is 7. The molecule has 0 heterocycles. The standard InChI is InChI=1S/C18H23N3O3S/c1-14(19)11-12-18(22)20-15-7-6-10-17(13-15)25(23,24)21(2)16-8-4-3-5-9-16/h3-10,13-14H,11-12,19H2,1-2H3,(H,20,22). The molecule has 0 bridgehead atoms. The average molecular weight is 361 g/mol. The van der Waals surface area contributed by atoms with Crippen molar-refractivity contribution in [1.82, 2.24) is 0 Å². The van der Waals surface area contributed by atoms with Gasteiger partial charge in [0.15, 0.2) is 0 Å². The number of carbonyl (C=O) groups excluding carboxylic acids is 1. The van der Waals surface area contributed by atoms with Crippen LogP contribution >= 0.6 is 0 Å². The molecule has 0 spiro atoms. The Morgan fingerprint density at radius 2 is 1.84 bits per heavy atom. The van der Waals surface area contributed by atoms with Gasteiger partial charge in [-0.1, -0.05) is 24.3 Å². The lowest BCUT2D eigenvalue weighted by molar-refractivity contribution is -0.116. The van der Waals surface area contributed by atoms with Crippen LogP contribution < -0.4 is 15.4 Å². The number of para-hydroxylation sites is 1. The minimum atomic E-state index is -3.71. The molecule has 0 aliphatic rings. The highest BCUT2D eigenvalue weighted by molar-refractivity contribution is 7.92. The number of nitrogens with two attached hydrogens (primary N) is 1. The van der Waals surface area contributed by atoms with Crippen LogP contribution in [0.4, 0.5) is 11.4 Å². The summed E-state index contributed by atoms with van der Waals surface area (Å²) in [6.45, 7) is 1.83. The molecule has 0 aromatic heterocycles. The Morgan fingerprint density at radius 1 is 1.16 bits per heavy atom. The lowest BCUT2D eigenvalue weighted by atomic mass is 10.2. The molecule has 1 unspecified atom stereocenters. The van der Waals surface area contributed by atoms with Gasteiger partial charge in [-0.2, -0.15) is 0 Å². The van der Waals surface area contributed by atoms with Gasteiger partial charge in [-0.3, -0.25) is 9.10 Å². The highest BCUT2D eigenvalue weighted by Crippen LogP contribution is 2.23. The van der Waals surface area contributed by atoms with E-state index in [9.17, 15) is 13.2 Å². The highest BCUT2D eigenvalue weighted by atomic mass is 32.2. The van der Waals surface area contributed by atoms with Crippen LogP contribution in [0.1, 0.15) is 19.8 Å². The second-order valence-corrected chi connectivity index (χ2v) is 7.87. The van der Waals surface area contributed by atoms with Crippen LogP contribution in [0.5, 0.6) is 0 Å². The van der Waals surface area contributed by atoms with E-state index in [2.05, 4.69) is 5.32 Å². The Morgan fingerprint density at radius 3 is 2.48 bits per heavy atom. The molecular formula is C18H23N3O3S. The molecule has 1 amide bonds. The SMILES string of the molecule is CC(N)CCC(=O)Nc1cccc(S(=O)(=O)N(C)c2ccccc2)c1. The summed E-state index contributed by atoms with van der Waals surface area (Å²) < 4.78 is 26.8. The van der Waals surface area contributed by atoms with E-state index >= 15 is 0 Å². The van der Waals surface area contributed by atoms with Crippen molar-refractivity contribution >= 4 is 27.3 Å². The molecule has 0 fully saturated rings. The van der Waals surface area contributed by atoms with E-state index in [1.165, 1.54) is 23.5 Å². The summed E-state index contributed by atoms with van der Waals surface area (Å²) in [7, 11) is -2.22. The fourth-order valence-electron chi connectivity index (χ4n) is 2.25. The van der Waals surface area contributed by atoms with Gasteiger partial charge in [0, 0.05) is 25.2 Å². The van der Waals surface area contributed by atoms with Crippen molar-refractivity contribution in [3.05, 3.63) is 54.6 Å². The fourth-order valence-corrected chi connectivity index (χ4v) is 3.49. The van der Waals surface area contributed by atoms with Crippen molar-refractivity contribution in [2.75, 3.05) is 16.7 Å². The summed E-state index contributed by atoms with van der Waals surface area (Å²) in [4.78, 5) is 12.0. The smallest absolute Gasteiger partial charge is 0.264 e. The number of hydrogen-bond acceptors (Lipinski definition) is 4. The number of hydrogen-bond donors (Lipinski definition) is 2. The zero-order chi connectivity index (χ0) is 18.4. The maximum absolute atomic E-state index is 12.8. The van der Waals surface area contributed by atoms with Gasteiger partial charge in [0.2, 0.25) is 5.91 Å². The predicted octanol–water partition coefficient (Wildman–Crippen LogP) is 2.58. The Balaban J connectivity index is 2.18. The van der Waals surface area contributed by atoms with Crippen LogP contribution in [0, 0.1) is 0 Å². The van der Waals surface area contributed by atoms with Gasteiger partial charge in [-0.25, -0.2) is 8.42 Å². The molecule has 134 valence electrons. The Kier molecular flexibility index (Phi) is 6.17. The Labute approximate surface area is 148 Å². The van der Waals surface area contributed by atoms with Gasteiger partial charge in [0.1, 0.15) is 0 Å². The largest absolute Gasteiger partial charge is 0.328 e. The Hall–Kier alpha value is -2.38. The molecule has 0 radical (unpaired) electrons. The first kappa shape index (κ1) is 19.0. The molecule has 2 rings (SSSR count). The second-order valence-electron chi connectivity index (χ2n) is 5.90. The third kappa shape index (κ3) is 5.04.